The summed E-state index contributed by atoms with van der Waals surface area (Å²) in [6, 6.07) is 0.310. The van der Waals surface area contributed by atoms with Crippen molar-refractivity contribution in [2.75, 3.05) is 20.1 Å². The van der Waals surface area contributed by atoms with E-state index in [-0.39, 0.29) is 0 Å². The highest BCUT2D eigenvalue weighted by atomic mass is 15.2. The lowest BCUT2D eigenvalue weighted by Gasteiger charge is -2.49. The van der Waals surface area contributed by atoms with Crippen LogP contribution >= 0.6 is 0 Å². The first-order valence-corrected chi connectivity index (χ1v) is 5.54. The maximum Gasteiger partial charge on any atom is 0.0379 e. The first-order chi connectivity index (χ1) is 6.71. The summed E-state index contributed by atoms with van der Waals surface area (Å²) in [5, 5.41) is 0. The minimum Gasteiger partial charge on any atom is -0.323 e. The van der Waals surface area contributed by atoms with E-state index < -0.39 is 0 Å². The Balaban J connectivity index is 1.88. The van der Waals surface area contributed by atoms with Crippen LogP contribution in [0.3, 0.4) is 0 Å². The second kappa shape index (κ2) is 2.71. The largest absolute Gasteiger partial charge is 0.323 e. The van der Waals surface area contributed by atoms with Crippen molar-refractivity contribution in [3.05, 3.63) is 23.3 Å². The van der Waals surface area contributed by atoms with Gasteiger partial charge in [-0.3, -0.25) is 0 Å². The lowest BCUT2D eigenvalue weighted by atomic mass is 9.73. The Bertz CT molecular complexity index is 321. The highest BCUT2D eigenvalue weighted by molar-refractivity contribution is 5.42. The zero-order valence-corrected chi connectivity index (χ0v) is 8.79. The van der Waals surface area contributed by atoms with Gasteiger partial charge in [-0.25, -0.2) is 0 Å². The van der Waals surface area contributed by atoms with Crippen LogP contribution in [0.1, 0.15) is 19.3 Å². The fraction of sp³-hybridized carbons (Fsp3) is 0.667. The highest BCUT2D eigenvalue weighted by Gasteiger charge is 2.51. The molecule has 0 bridgehead atoms. The maximum absolute atomic E-state index is 6.36. The molecule has 0 aromatic heterocycles. The third-order valence-corrected chi connectivity index (χ3v) is 4.05. The normalized spacial score (nSPS) is 34.9. The average molecular weight is 190 g/mol. The Morgan fingerprint density at radius 2 is 2.29 bits per heavy atom. The molecule has 2 N–H and O–H groups in total. The van der Waals surface area contributed by atoms with Gasteiger partial charge in [0.2, 0.25) is 0 Å². The van der Waals surface area contributed by atoms with Gasteiger partial charge in [-0.15, -0.1) is 0 Å². The second-order valence-corrected chi connectivity index (χ2v) is 5.19. The van der Waals surface area contributed by atoms with Crippen molar-refractivity contribution < 1.29 is 0 Å². The molecule has 0 aromatic rings. The topological polar surface area (TPSA) is 29.3 Å². The van der Waals surface area contributed by atoms with E-state index in [0.29, 0.717) is 11.5 Å². The summed E-state index contributed by atoms with van der Waals surface area (Å²) in [5.74, 6) is 0. The van der Waals surface area contributed by atoms with E-state index in [1.165, 1.54) is 37.9 Å². The van der Waals surface area contributed by atoms with Crippen LogP contribution in [-0.4, -0.2) is 31.1 Å². The summed E-state index contributed by atoms with van der Waals surface area (Å²) in [4.78, 5) is 2.38. The van der Waals surface area contributed by atoms with E-state index in [0.717, 1.165) is 0 Å². The van der Waals surface area contributed by atoms with Gasteiger partial charge >= 0.3 is 0 Å². The lowest BCUT2D eigenvalue weighted by molar-refractivity contribution is 0.0186. The Hall–Kier alpha value is -0.600. The standard InChI is InChI=1S/C12H18N2/c1-14-7-12(8-14)6-9-4-2-3-5-10(9)11(12)13/h3,5,11H,2,4,6-8,13H2,1H3/t11-/m1/s1. The molecule has 3 aliphatic rings. The van der Waals surface area contributed by atoms with E-state index in [4.69, 9.17) is 5.73 Å². The third-order valence-electron chi connectivity index (χ3n) is 4.05. The summed E-state index contributed by atoms with van der Waals surface area (Å²) in [5.41, 5.74) is 9.88. The SMILES string of the molecule is CN1CC2(CC3=C(C=CCC3)[C@H]2N)C1. The predicted molar refractivity (Wildman–Crippen MR) is 57.9 cm³/mol. The molecule has 1 spiro atoms. The van der Waals surface area contributed by atoms with Crippen LogP contribution in [0.4, 0.5) is 0 Å². The minimum atomic E-state index is 0.310. The quantitative estimate of drug-likeness (QED) is 0.624. The highest BCUT2D eigenvalue weighted by Crippen LogP contribution is 2.49. The van der Waals surface area contributed by atoms with Crippen molar-refractivity contribution in [3.63, 3.8) is 0 Å². The fourth-order valence-corrected chi connectivity index (χ4v) is 3.45. The molecule has 3 rings (SSSR count). The molecule has 1 atom stereocenters. The zero-order valence-electron chi connectivity index (χ0n) is 8.79. The van der Waals surface area contributed by atoms with Crippen LogP contribution < -0.4 is 5.73 Å². The zero-order chi connectivity index (χ0) is 9.76. The molecule has 0 amide bonds. The van der Waals surface area contributed by atoms with Crippen LogP contribution in [0.5, 0.6) is 0 Å². The molecule has 2 aliphatic carbocycles. The van der Waals surface area contributed by atoms with Gasteiger partial charge in [0.05, 0.1) is 0 Å². The van der Waals surface area contributed by atoms with Gasteiger partial charge in [0.15, 0.2) is 0 Å². The van der Waals surface area contributed by atoms with Crippen molar-refractivity contribution in [3.8, 4) is 0 Å². The van der Waals surface area contributed by atoms with Crippen LogP contribution in [0.2, 0.25) is 0 Å². The van der Waals surface area contributed by atoms with Crippen molar-refractivity contribution in [2.24, 2.45) is 11.1 Å². The molecule has 0 unspecified atom stereocenters. The average Bonchev–Trinajstić information content (AvgIpc) is 2.41. The molecule has 0 radical (unpaired) electrons. The number of likely N-dealkylation sites (tertiary alicyclic amines) is 1. The van der Waals surface area contributed by atoms with Crippen LogP contribution in [0.15, 0.2) is 23.3 Å². The molecule has 14 heavy (non-hydrogen) atoms. The number of nitrogens with two attached hydrogens (primary N) is 1. The van der Waals surface area contributed by atoms with E-state index in [1.807, 2.05) is 0 Å². The van der Waals surface area contributed by atoms with Crippen molar-refractivity contribution >= 4 is 0 Å². The molecule has 2 nitrogen and oxygen atoms in total. The second-order valence-electron chi connectivity index (χ2n) is 5.19. The van der Waals surface area contributed by atoms with E-state index in [2.05, 4.69) is 24.1 Å². The number of rotatable bonds is 0. The number of allylic oxidation sites excluding steroid dienone is 2. The maximum atomic E-state index is 6.36. The van der Waals surface area contributed by atoms with E-state index >= 15 is 0 Å². The summed E-state index contributed by atoms with van der Waals surface area (Å²) < 4.78 is 0. The van der Waals surface area contributed by atoms with Gasteiger partial charge in [0, 0.05) is 24.5 Å². The Morgan fingerprint density at radius 3 is 2.93 bits per heavy atom. The molecule has 76 valence electrons. The lowest BCUT2D eigenvalue weighted by Crippen LogP contribution is -2.61. The Morgan fingerprint density at radius 1 is 1.50 bits per heavy atom. The molecule has 1 aliphatic heterocycles. The van der Waals surface area contributed by atoms with Crippen molar-refractivity contribution in [1.82, 2.24) is 4.90 Å². The number of nitrogens with zero attached hydrogens (tertiary/aromatic N) is 1. The molecule has 1 heterocycles. The van der Waals surface area contributed by atoms with Crippen LogP contribution in [-0.2, 0) is 0 Å². The van der Waals surface area contributed by atoms with Crippen molar-refractivity contribution in [1.29, 1.82) is 0 Å². The fourth-order valence-electron chi connectivity index (χ4n) is 3.45. The summed E-state index contributed by atoms with van der Waals surface area (Å²) in [7, 11) is 2.19. The molecular weight excluding hydrogens is 172 g/mol. The van der Waals surface area contributed by atoms with Gasteiger partial charge in [-0.1, -0.05) is 17.7 Å². The van der Waals surface area contributed by atoms with Gasteiger partial charge < -0.3 is 10.6 Å². The minimum absolute atomic E-state index is 0.310. The van der Waals surface area contributed by atoms with Gasteiger partial charge in [0.25, 0.3) is 0 Å². The number of hydrogen-bond acceptors (Lipinski definition) is 2. The third kappa shape index (κ3) is 0.984. The van der Waals surface area contributed by atoms with Gasteiger partial charge in [-0.2, -0.15) is 0 Å². The van der Waals surface area contributed by atoms with E-state index in [9.17, 15) is 0 Å². The predicted octanol–water partition coefficient (Wildman–Crippen LogP) is 1.30. The van der Waals surface area contributed by atoms with Gasteiger partial charge in [0.1, 0.15) is 0 Å². The summed E-state index contributed by atoms with van der Waals surface area (Å²) in [6.45, 7) is 2.38. The molecule has 2 heteroatoms. The van der Waals surface area contributed by atoms with Crippen molar-refractivity contribution in [2.45, 2.75) is 25.3 Å². The molecule has 0 aromatic carbocycles. The molecular formula is C12H18N2. The van der Waals surface area contributed by atoms with Crippen LogP contribution in [0, 0.1) is 5.41 Å². The molecule has 1 saturated heterocycles. The monoisotopic (exact) mass is 190 g/mol. The smallest absolute Gasteiger partial charge is 0.0379 e. The Labute approximate surface area is 85.5 Å². The first kappa shape index (κ1) is 8.69. The first-order valence-electron chi connectivity index (χ1n) is 5.54. The molecule has 0 saturated carbocycles. The summed E-state index contributed by atoms with van der Waals surface area (Å²) in [6.07, 6.45) is 8.29. The number of hydrogen-bond donors (Lipinski definition) is 1. The van der Waals surface area contributed by atoms with Crippen LogP contribution in [0.25, 0.3) is 0 Å². The Kier molecular flexibility index (Phi) is 1.68. The van der Waals surface area contributed by atoms with E-state index in [1.54, 1.807) is 5.57 Å². The summed E-state index contributed by atoms with van der Waals surface area (Å²) >= 11 is 0. The molecule has 1 fully saturated rings. The van der Waals surface area contributed by atoms with Gasteiger partial charge in [-0.05, 0) is 31.9 Å².